The Labute approximate surface area is 666 Å². The molecule has 1 aliphatic heterocycles. The van der Waals surface area contributed by atoms with E-state index in [-0.39, 0.29) is 132 Å². The number of aliphatic hydroxyl groups is 3. The van der Waals surface area contributed by atoms with E-state index < -0.39 is 0 Å². The van der Waals surface area contributed by atoms with Crippen molar-refractivity contribution in [2.45, 2.75) is 363 Å². The zero-order valence-corrected chi connectivity index (χ0v) is 71.3. The number of rotatable bonds is 3. The van der Waals surface area contributed by atoms with Crippen LogP contribution in [0.5, 0.6) is 0 Å². The maximum absolute atomic E-state index is 13.3. The first kappa shape index (κ1) is 84.9. The predicted molar refractivity (Wildman–Crippen MR) is 430 cm³/mol. The van der Waals surface area contributed by atoms with Gasteiger partial charge < -0.3 is 31.0 Å². The molecule has 1 saturated heterocycles. The number of Topliss-reactive ketones (excluding diaryl/α,β-unsaturated/α-hetero) is 1. The molecule has 12 saturated carbocycles. The molecule has 1 heterocycles. The molecule has 8 nitrogen and oxygen atoms in total. The summed E-state index contributed by atoms with van der Waals surface area (Å²) in [5.74, 6) is 5.49. The molecule has 16 rings (SSSR count). The van der Waals surface area contributed by atoms with Gasteiger partial charge in [-0.05, 0) is 328 Å². The fraction of sp³-hybridized carbons (Fsp3) is 0.905. The fourth-order valence-corrected chi connectivity index (χ4v) is 32.2. The first-order valence-electron chi connectivity index (χ1n) is 43.4. The van der Waals surface area contributed by atoms with Crippen LogP contribution in [0.2, 0.25) is 0 Å². The van der Waals surface area contributed by atoms with Gasteiger partial charge in [-0.2, -0.15) is 0 Å². The molecule has 15 aliphatic carbocycles. The number of ether oxygens (including phenoxy) is 2. The van der Waals surface area contributed by atoms with Crippen LogP contribution < -0.4 is 18.9 Å². The Balaban J connectivity index is 0.000000162. The molecule has 3 N–H and O–H groups in total. The number of fused-ring (bicyclic) bond motifs is 21. The summed E-state index contributed by atoms with van der Waals surface area (Å²) in [6.45, 7) is 54.0. The first-order valence-corrected chi connectivity index (χ1v) is 43.4. The zero-order chi connectivity index (χ0) is 75.2. The van der Waals surface area contributed by atoms with Crippen molar-refractivity contribution in [2.75, 3.05) is 26.9 Å². The number of methoxy groups -OCH3 is 1. The second-order valence-corrected chi connectivity index (χ2v) is 46.4. The number of hydrogen-bond donors (Lipinski definition) is 3. The number of aldehydes is 1. The Morgan fingerprint density at radius 1 is 0.476 bits per heavy atom. The van der Waals surface area contributed by atoms with Gasteiger partial charge in [-0.25, -0.2) is 0 Å². The number of allylic oxidation sites excluding steroid dienone is 6. The minimum Gasteiger partial charge on any atom is -1.00 e. The summed E-state index contributed by atoms with van der Waals surface area (Å²) in [4.78, 5) is 38.8. The van der Waals surface area contributed by atoms with Gasteiger partial charge in [0.2, 0.25) is 0 Å². The van der Waals surface area contributed by atoms with Crippen LogP contribution in [0.25, 0.3) is 0 Å². The maximum atomic E-state index is 13.3. The molecule has 0 aromatic heterocycles. The second kappa shape index (κ2) is 27.9. The quantitative estimate of drug-likeness (QED) is 0.110. The second-order valence-electron chi connectivity index (χ2n) is 46.4. The monoisotopic (exact) mass is 1460 g/mol. The summed E-state index contributed by atoms with van der Waals surface area (Å²) in [5.41, 5.74) is 7.68. The van der Waals surface area contributed by atoms with Crippen LogP contribution in [0.3, 0.4) is 0 Å². The van der Waals surface area contributed by atoms with Crippen molar-refractivity contribution >= 4 is 35.4 Å². The molecule has 0 aromatic rings. The Morgan fingerprint density at radius 3 is 1.30 bits per heavy atom. The minimum atomic E-state index is -0.323. The Bertz CT molecular complexity index is 3370. The van der Waals surface area contributed by atoms with Crippen molar-refractivity contribution in [1.29, 1.82) is 0 Å². The molecule has 0 spiro atoms. The van der Waals surface area contributed by atoms with Crippen molar-refractivity contribution < 1.29 is 59.5 Å². The third-order valence-corrected chi connectivity index (χ3v) is 39.8. The number of hydrogen-bond acceptors (Lipinski definition) is 8. The van der Waals surface area contributed by atoms with E-state index in [2.05, 4.69) is 164 Å². The van der Waals surface area contributed by atoms with Gasteiger partial charge in [0, 0.05) is 42.5 Å². The predicted octanol–water partition coefficient (Wildman–Crippen LogP) is 18.7. The number of carbonyl (C=O) groups excluding carboxylic acids is 3. The average molecular weight is 1460 g/mol. The molecule has 6 unspecified atom stereocenters. The number of aliphatic hydroxyl groups excluding tert-OH is 3. The van der Waals surface area contributed by atoms with Gasteiger partial charge in [-0.1, -0.05) is 180 Å². The van der Waals surface area contributed by atoms with Gasteiger partial charge in [0.1, 0.15) is 12.1 Å². The molecule has 0 amide bonds. The standard InChI is InChI=1S/C31H50O3.C30H50O2.C30H46O2.C4H8O.Al.Li.4H/c1-26(2)15-17-31(25(33)34-8)18-16-29(6)20(21(31)19-26)9-10-23-28(5)13-12-24(32)27(3,4)22(28)11-14-30(23,29)7;2*1-25(2)14-16-30(19-31)17-15-28(6)20(21(30)18-25)8-9-23-27(5)12-11-24(32)26(3,4)22(27)10-13-29(23,28)7;1-2-4-5-3-1;;;;;;/h9,21-24,32H,10-19H2,1-8H3;8,21-24,31-32H,9-19H2,1-7H3;8,19,21-23H,9-18H2,1-7H3;1-4H2;;;;;;/q;;;;;+1;;;;-1/t21-,22?,23?,24-,28-,29-,30+,31-;21-,22?,23?,24-,27-,28-,29+,30+;21-,22?,23?,27-,28-,29+,30+;;;;;;;/m000......./s1. The molecular formula is C95H158AlLiO8. The van der Waals surface area contributed by atoms with E-state index in [0.29, 0.717) is 87.3 Å². The van der Waals surface area contributed by atoms with Crippen LogP contribution in [0.1, 0.15) is 352 Å². The number of ketones is 1. The van der Waals surface area contributed by atoms with E-state index in [0.717, 1.165) is 116 Å². The average Bonchev–Trinajstić information content (AvgIpc) is 0.706. The SMILES string of the molecule is C1CCOC1.CC1(C)CC[C@]2(C=O)CC[C@@]3(C)C(=CCC4[C@@]5(C)CCC(=O)C(C)(C)C5CC[C@]43C)[C@@H]2C1.CC1(C)CC[C@]2(CO)CC[C@@]3(C)C(=CCC4[C@@]5(C)CC[C@H](O)C(C)(C)C5CC[C@]43C)[C@@H]2C1.COC(=O)[C@]12CCC(C)(C)C[C@H]1C1=CCC3[C@@]4(C)CC[C@H](O)C(C)(C)C4CC[C@@]3(C)[C@@]1(C)CC2.[AlH3].[H-].[Li+]. The summed E-state index contributed by atoms with van der Waals surface area (Å²) in [6.07, 6.45) is 45.5. The molecule has 0 radical (unpaired) electrons. The van der Waals surface area contributed by atoms with E-state index in [4.69, 9.17) is 9.47 Å². The Hall–Kier alpha value is -1.00. The zero-order valence-electron chi connectivity index (χ0n) is 72.3. The van der Waals surface area contributed by atoms with Crippen LogP contribution in [0, 0.1) is 151 Å². The smallest absolute Gasteiger partial charge is 1.00 e. The summed E-state index contributed by atoms with van der Waals surface area (Å²) in [6, 6.07) is 0. The van der Waals surface area contributed by atoms with E-state index in [9.17, 15) is 29.7 Å². The van der Waals surface area contributed by atoms with Crippen molar-refractivity contribution in [1.82, 2.24) is 0 Å². The van der Waals surface area contributed by atoms with E-state index in [1.165, 1.54) is 109 Å². The molecule has 105 heavy (non-hydrogen) atoms. The number of carbonyl (C=O) groups is 3. The van der Waals surface area contributed by atoms with Crippen LogP contribution in [0.4, 0.5) is 0 Å². The van der Waals surface area contributed by atoms with Gasteiger partial charge in [-0.15, -0.1) is 0 Å². The van der Waals surface area contributed by atoms with Crippen LogP contribution >= 0.6 is 0 Å². The normalized spacial score (nSPS) is 49.8. The van der Waals surface area contributed by atoms with E-state index in [1.807, 2.05) is 0 Å². The van der Waals surface area contributed by atoms with Gasteiger partial charge in [-0.3, -0.25) is 9.59 Å². The van der Waals surface area contributed by atoms with Crippen molar-refractivity contribution in [3.05, 3.63) is 34.9 Å². The van der Waals surface area contributed by atoms with Crippen LogP contribution in [-0.4, -0.2) is 89.9 Å². The van der Waals surface area contributed by atoms with Gasteiger partial charge in [0.05, 0.1) is 24.7 Å². The fourth-order valence-electron chi connectivity index (χ4n) is 32.2. The largest absolute Gasteiger partial charge is 1.00 e. The third-order valence-electron chi connectivity index (χ3n) is 39.8. The number of esters is 1. The maximum Gasteiger partial charge on any atom is 1.00 e. The van der Waals surface area contributed by atoms with E-state index >= 15 is 0 Å². The Kier molecular flexibility index (Phi) is 22.6. The molecular weight excluding hydrogens is 1300 g/mol. The van der Waals surface area contributed by atoms with Gasteiger partial charge >= 0.3 is 24.8 Å². The van der Waals surface area contributed by atoms with Crippen molar-refractivity contribution in [2.24, 2.45) is 151 Å². The van der Waals surface area contributed by atoms with Crippen LogP contribution in [0.15, 0.2) is 34.9 Å². The molecule has 590 valence electrons. The molecule has 10 heteroatoms. The first-order chi connectivity index (χ1) is 47.7. The minimum absolute atomic E-state index is 0. The summed E-state index contributed by atoms with van der Waals surface area (Å²) < 4.78 is 10.4. The third kappa shape index (κ3) is 12.4. The molecule has 16 aliphatic rings. The summed E-state index contributed by atoms with van der Waals surface area (Å²) in [5, 5.41) is 32.4. The topological polar surface area (TPSA) is 130 Å². The van der Waals surface area contributed by atoms with Gasteiger partial charge in [0.25, 0.3) is 0 Å². The van der Waals surface area contributed by atoms with Crippen LogP contribution in [-0.2, 0) is 23.9 Å². The van der Waals surface area contributed by atoms with Crippen molar-refractivity contribution in [3.63, 3.8) is 0 Å². The van der Waals surface area contributed by atoms with Gasteiger partial charge in [0.15, 0.2) is 17.4 Å². The summed E-state index contributed by atoms with van der Waals surface area (Å²) in [7, 11) is 1.59. The molecule has 13 fully saturated rings. The van der Waals surface area contributed by atoms with E-state index in [1.54, 1.807) is 23.8 Å². The molecule has 23 atom stereocenters. The van der Waals surface area contributed by atoms with Crippen molar-refractivity contribution in [3.8, 4) is 0 Å². The molecule has 0 bridgehead atoms. The summed E-state index contributed by atoms with van der Waals surface area (Å²) >= 11 is 0. The molecule has 0 aromatic carbocycles. The Morgan fingerprint density at radius 2 is 0.848 bits per heavy atom.